The Morgan fingerprint density at radius 3 is 1.94 bits per heavy atom. The normalized spacial score (nSPS) is 16.8. The average molecular weight is 243 g/mol. The standard InChI is InChI=1S/C9H16F3NO3/c1-8(2,3)16-7(14)5(13)6(15-4)9(10,11)12/h5-6H,13H2,1-4H3. The first-order chi connectivity index (χ1) is 6.99. The summed E-state index contributed by atoms with van der Waals surface area (Å²) < 4.78 is 45.9. The number of alkyl halides is 3. The van der Waals surface area contributed by atoms with Crippen molar-refractivity contribution in [3.8, 4) is 0 Å². The maximum Gasteiger partial charge on any atom is 0.416 e. The van der Waals surface area contributed by atoms with Crippen molar-refractivity contribution in [3.63, 3.8) is 0 Å². The highest BCUT2D eigenvalue weighted by Crippen LogP contribution is 2.25. The van der Waals surface area contributed by atoms with E-state index in [1.165, 1.54) is 20.8 Å². The van der Waals surface area contributed by atoms with Crippen LogP contribution in [0.15, 0.2) is 0 Å². The van der Waals surface area contributed by atoms with E-state index in [1.807, 2.05) is 0 Å². The number of ether oxygens (including phenoxy) is 2. The molecule has 0 bridgehead atoms. The molecule has 7 heteroatoms. The lowest BCUT2D eigenvalue weighted by Gasteiger charge is -2.27. The van der Waals surface area contributed by atoms with Gasteiger partial charge in [-0.15, -0.1) is 0 Å². The van der Waals surface area contributed by atoms with Crippen LogP contribution in [-0.2, 0) is 14.3 Å². The number of hydrogen-bond donors (Lipinski definition) is 1. The number of carbonyl (C=O) groups is 1. The Morgan fingerprint density at radius 1 is 1.25 bits per heavy atom. The number of hydrogen-bond acceptors (Lipinski definition) is 4. The topological polar surface area (TPSA) is 61.5 Å². The summed E-state index contributed by atoms with van der Waals surface area (Å²) in [5.41, 5.74) is 4.26. The van der Waals surface area contributed by atoms with Crippen molar-refractivity contribution in [2.75, 3.05) is 7.11 Å². The van der Waals surface area contributed by atoms with Gasteiger partial charge in [-0.25, -0.2) is 0 Å². The molecule has 0 amide bonds. The van der Waals surface area contributed by atoms with Crippen LogP contribution in [0.4, 0.5) is 13.2 Å². The number of halogens is 3. The number of esters is 1. The minimum atomic E-state index is -4.70. The molecule has 96 valence electrons. The molecule has 0 spiro atoms. The van der Waals surface area contributed by atoms with Gasteiger partial charge < -0.3 is 15.2 Å². The van der Waals surface area contributed by atoms with E-state index in [2.05, 4.69) is 4.74 Å². The summed E-state index contributed by atoms with van der Waals surface area (Å²) in [5, 5.41) is 0. The van der Waals surface area contributed by atoms with Gasteiger partial charge in [0.15, 0.2) is 6.10 Å². The second-order valence-electron chi connectivity index (χ2n) is 4.26. The SMILES string of the molecule is COC(C(N)C(=O)OC(C)(C)C)C(F)(F)F. The molecule has 0 fully saturated rings. The van der Waals surface area contributed by atoms with E-state index >= 15 is 0 Å². The molecule has 0 aliphatic rings. The summed E-state index contributed by atoms with van der Waals surface area (Å²) in [6.07, 6.45) is -7.06. The summed E-state index contributed by atoms with van der Waals surface area (Å²) in [6.45, 7) is 4.60. The van der Waals surface area contributed by atoms with Crippen molar-refractivity contribution < 1.29 is 27.4 Å². The third kappa shape index (κ3) is 4.80. The van der Waals surface area contributed by atoms with Crippen LogP contribution in [0.3, 0.4) is 0 Å². The zero-order valence-electron chi connectivity index (χ0n) is 9.59. The Hall–Kier alpha value is -0.820. The number of methoxy groups -OCH3 is 1. The van der Waals surface area contributed by atoms with Crippen LogP contribution < -0.4 is 5.73 Å². The molecule has 0 saturated carbocycles. The predicted molar refractivity (Wildman–Crippen MR) is 50.7 cm³/mol. The highest BCUT2D eigenvalue weighted by Gasteiger charge is 2.47. The summed E-state index contributed by atoms with van der Waals surface area (Å²) in [7, 11) is 0.836. The Balaban J connectivity index is 4.65. The molecule has 0 aliphatic carbocycles. The van der Waals surface area contributed by atoms with Crippen LogP contribution in [0.1, 0.15) is 20.8 Å². The van der Waals surface area contributed by atoms with E-state index in [9.17, 15) is 18.0 Å². The molecule has 0 aromatic rings. The minimum Gasteiger partial charge on any atom is -0.459 e. The molecule has 0 aromatic heterocycles. The van der Waals surface area contributed by atoms with Gasteiger partial charge in [-0.05, 0) is 20.8 Å². The molecule has 4 nitrogen and oxygen atoms in total. The monoisotopic (exact) mass is 243 g/mol. The highest BCUT2D eigenvalue weighted by molar-refractivity contribution is 5.76. The number of carbonyl (C=O) groups excluding carboxylic acids is 1. The van der Waals surface area contributed by atoms with Crippen molar-refractivity contribution in [1.29, 1.82) is 0 Å². The summed E-state index contributed by atoms with van der Waals surface area (Å²) in [6, 6.07) is -1.88. The highest BCUT2D eigenvalue weighted by atomic mass is 19.4. The maximum atomic E-state index is 12.4. The van der Waals surface area contributed by atoms with Gasteiger partial charge in [-0.1, -0.05) is 0 Å². The van der Waals surface area contributed by atoms with Crippen LogP contribution in [0.25, 0.3) is 0 Å². The van der Waals surface area contributed by atoms with Crippen molar-refractivity contribution >= 4 is 5.97 Å². The van der Waals surface area contributed by atoms with Gasteiger partial charge in [0.1, 0.15) is 11.6 Å². The lowest BCUT2D eigenvalue weighted by atomic mass is 10.1. The van der Waals surface area contributed by atoms with E-state index in [0.29, 0.717) is 0 Å². The Morgan fingerprint density at radius 2 is 1.69 bits per heavy atom. The number of rotatable bonds is 3. The van der Waals surface area contributed by atoms with Crippen LogP contribution >= 0.6 is 0 Å². The van der Waals surface area contributed by atoms with Crippen LogP contribution in [0, 0.1) is 0 Å². The van der Waals surface area contributed by atoms with Crippen LogP contribution in [0.5, 0.6) is 0 Å². The molecule has 0 saturated heterocycles. The third-order valence-electron chi connectivity index (χ3n) is 1.58. The fraction of sp³-hybridized carbons (Fsp3) is 0.889. The van der Waals surface area contributed by atoms with Gasteiger partial charge in [0, 0.05) is 7.11 Å². The van der Waals surface area contributed by atoms with Gasteiger partial charge >= 0.3 is 12.1 Å². The van der Waals surface area contributed by atoms with E-state index in [0.717, 1.165) is 7.11 Å². The Bertz CT molecular complexity index is 247. The summed E-state index contributed by atoms with van der Waals surface area (Å²) in [5.74, 6) is -1.14. The van der Waals surface area contributed by atoms with Gasteiger partial charge in [0.25, 0.3) is 0 Å². The zero-order chi connectivity index (χ0) is 13.1. The quantitative estimate of drug-likeness (QED) is 0.757. The summed E-state index contributed by atoms with van der Waals surface area (Å²) in [4.78, 5) is 11.3. The van der Waals surface area contributed by atoms with Gasteiger partial charge in [-0.3, -0.25) is 4.79 Å². The molecule has 0 rings (SSSR count). The van der Waals surface area contributed by atoms with Crippen LogP contribution in [-0.4, -0.2) is 37.0 Å². The minimum absolute atomic E-state index is 0.836. The fourth-order valence-corrected chi connectivity index (χ4v) is 0.977. The first-order valence-electron chi connectivity index (χ1n) is 4.57. The molecule has 2 atom stereocenters. The average Bonchev–Trinajstić information content (AvgIpc) is 1.99. The lowest BCUT2D eigenvalue weighted by Crippen LogP contribution is -2.52. The molecule has 0 aromatic carbocycles. The van der Waals surface area contributed by atoms with Gasteiger partial charge in [0.05, 0.1) is 0 Å². The zero-order valence-corrected chi connectivity index (χ0v) is 9.59. The summed E-state index contributed by atoms with van der Waals surface area (Å²) >= 11 is 0. The van der Waals surface area contributed by atoms with E-state index < -0.39 is 29.9 Å². The van der Waals surface area contributed by atoms with E-state index in [-0.39, 0.29) is 0 Å². The molecular weight excluding hydrogens is 227 g/mol. The van der Waals surface area contributed by atoms with Gasteiger partial charge in [0.2, 0.25) is 0 Å². The molecule has 0 radical (unpaired) electrons. The van der Waals surface area contributed by atoms with Crippen molar-refractivity contribution in [1.82, 2.24) is 0 Å². The second-order valence-corrected chi connectivity index (χ2v) is 4.26. The van der Waals surface area contributed by atoms with Crippen molar-refractivity contribution in [3.05, 3.63) is 0 Å². The molecule has 16 heavy (non-hydrogen) atoms. The predicted octanol–water partition coefficient (Wildman–Crippen LogP) is 1.23. The van der Waals surface area contributed by atoms with E-state index in [1.54, 1.807) is 0 Å². The Kier molecular flexibility index (Phi) is 4.75. The number of nitrogens with two attached hydrogens (primary N) is 1. The first kappa shape index (κ1) is 15.2. The fourth-order valence-electron chi connectivity index (χ4n) is 0.977. The van der Waals surface area contributed by atoms with Crippen LogP contribution in [0.2, 0.25) is 0 Å². The molecular formula is C9H16F3NO3. The van der Waals surface area contributed by atoms with Crippen molar-refractivity contribution in [2.45, 2.75) is 44.7 Å². The Labute approximate surface area is 91.9 Å². The van der Waals surface area contributed by atoms with Gasteiger partial charge in [-0.2, -0.15) is 13.2 Å². The molecule has 2 N–H and O–H groups in total. The first-order valence-corrected chi connectivity index (χ1v) is 4.57. The lowest BCUT2D eigenvalue weighted by molar-refractivity contribution is -0.224. The van der Waals surface area contributed by atoms with E-state index in [4.69, 9.17) is 10.5 Å². The second kappa shape index (κ2) is 5.01. The maximum absolute atomic E-state index is 12.4. The molecule has 2 unspecified atom stereocenters. The molecule has 0 heterocycles. The smallest absolute Gasteiger partial charge is 0.416 e. The molecule has 0 aliphatic heterocycles. The third-order valence-corrected chi connectivity index (χ3v) is 1.58. The van der Waals surface area contributed by atoms with Crippen molar-refractivity contribution in [2.24, 2.45) is 5.73 Å². The largest absolute Gasteiger partial charge is 0.459 e.